The molecule has 0 saturated carbocycles. The summed E-state index contributed by atoms with van der Waals surface area (Å²) in [5, 5.41) is 11.7. The van der Waals surface area contributed by atoms with Crippen LogP contribution in [0.4, 0.5) is 0 Å². The van der Waals surface area contributed by atoms with Crippen LogP contribution in [-0.4, -0.2) is 19.9 Å². The molecule has 6 aromatic carbocycles. The molecular formula is C40H22N4. The molecule has 4 aromatic heterocycles. The van der Waals surface area contributed by atoms with E-state index >= 15 is 0 Å². The minimum atomic E-state index is 0.928. The molecule has 0 spiro atoms. The summed E-state index contributed by atoms with van der Waals surface area (Å²) in [4.78, 5) is 19.8. The quantitative estimate of drug-likeness (QED) is 0.198. The lowest BCUT2D eigenvalue weighted by Crippen LogP contribution is -1.93. The van der Waals surface area contributed by atoms with Crippen LogP contribution < -0.4 is 0 Å². The first-order valence-corrected chi connectivity index (χ1v) is 14.8. The second-order valence-corrected chi connectivity index (χ2v) is 11.5. The lowest BCUT2D eigenvalue weighted by Gasteiger charge is -2.17. The van der Waals surface area contributed by atoms with Gasteiger partial charge in [0.15, 0.2) is 0 Å². The van der Waals surface area contributed by atoms with Crippen molar-refractivity contribution < 1.29 is 0 Å². The van der Waals surface area contributed by atoms with Crippen LogP contribution in [0.25, 0.3) is 98.4 Å². The van der Waals surface area contributed by atoms with Gasteiger partial charge in [0.05, 0.1) is 33.5 Å². The van der Waals surface area contributed by atoms with Crippen LogP contribution in [0.15, 0.2) is 134 Å². The molecule has 0 atom stereocenters. The number of benzene rings is 6. The van der Waals surface area contributed by atoms with E-state index in [-0.39, 0.29) is 0 Å². The summed E-state index contributed by atoms with van der Waals surface area (Å²) in [6.07, 6.45) is 3.68. The lowest BCUT2D eigenvalue weighted by atomic mass is 9.88. The number of hydrogen-bond donors (Lipinski definition) is 0. The summed E-state index contributed by atoms with van der Waals surface area (Å²) in [7, 11) is 0. The Morgan fingerprint density at radius 1 is 0.341 bits per heavy atom. The fraction of sp³-hybridized carbons (Fsp3) is 0. The summed E-state index contributed by atoms with van der Waals surface area (Å²) in [6.45, 7) is 0. The van der Waals surface area contributed by atoms with E-state index in [0.29, 0.717) is 0 Å². The molecule has 4 nitrogen and oxygen atoms in total. The van der Waals surface area contributed by atoms with E-state index in [2.05, 4.69) is 119 Å². The smallest absolute Gasteiger partial charge is 0.0972 e. The standard InChI is InChI=1S/C40H22N4/c1-4-23-12-17-31-29(33-18-14-26-10-8-24-5-2-20-41-37(24)39(26)43-33)16-13-28-22-32(30(7-1)35(23)36(28)31)34-19-15-27-11-9-25-6-3-21-42-38(25)40(27)44-34/h1-22H. The predicted octanol–water partition coefficient (Wildman–Crippen LogP) is 10.1. The number of hydrogen-bond acceptors (Lipinski definition) is 4. The Labute approximate surface area is 251 Å². The number of pyridine rings is 4. The van der Waals surface area contributed by atoms with Crippen LogP contribution in [-0.2, 0) is 0 Å². The largest absolute Gasteiger partial charge is 0.254 e. The summed E-state index contributed by atoms with van der Waals surface area (Å²) in [6, 6.07) is 43.0. The van der Waals surface area contributed by atoms with Crippen molar-refractivity contribution in [2.75, 3.05) is 0 Å². The van der Waals surface area contributed by atoms with Gasteiger partial charge in [-0.3, -0.25) is 9.97 Å². The van der Waals surface area contributed by atoms with E-state index in [9.17, 15) is 0 Å². The van der Waals surface area contributed by atoms with Crippen molar-refractivity contribution in [1.82, 2.24) is 19.9 Å². The van der Waals surface area contributed by atoms with Crippen LogP contribution >= 0.6 is 0 Å². The molecule has 0 radical (unpaired) electrons. The Kier molecular flexibility index (Phi) is 4.69. The molecule has 0 saturated heterocycles. The van der Waals surface area contributed by atoms with E-state index < -0.39 is 0 Å². The number of fused-ring (bicyclic) bond motifs is 6. The highest BCUT2D eigenvalue weighted by Crippen LogP contribution is 2.43. The van der Waals surface area contributed by atoms with Gasteiger partial charge in [-0.15, -0.1) is 0 Å². The van der Waals surface area contributed by atoms with Crippen molar-refractivity contribution >= 4 is 75.9 Å². The Bertz CT molecular complexity index is 2780. The third-order valence-corrected chi connectivity index (χ3v) is 9.06. The van der Waals surface area contributed by atoms with E-state index in [4.69, 9.17) is 9.97 Å². The van der Waals surface area contributed by atoms with E-state index in [1.165, 1.54) is 32.3 Å². The average Bonchev–Trinajstić information content (AvgIpc) is 3.10. The van der Waals surface area contributed by atoms with Gasteiger partial charge in [0, 0.05) is 45.1 Å². The van der Waals surface area contributed by atoms with Crippen LogP contribution in [0, 0.1) is 0 Å². The highest BCUT2D eigenvalue weighted by Gasteiger charge is 2.18. The second kappa shape index (κ2) is 8.76. The zero-order chi connectivity index (χ0) is 28.8. The highest BCUT2D eigenvalue weighted by molar-refractivity contribution is 6.28. The minimum absolute atomic E-state index is 0.928. The molecule has 0 aliphatic rings. The monoisotopic (exact) mass is 558 g/mol. The average molecular weight is 559 g/mol. The van der Waals surface area contributed by atoms with E-state index in [0.717, 1.165) is 66.1 Å². The molecule has 0 bridgehead atoms. The molecule has 10 aromatic rings. The van der Waals surface area contributed by atoms with Crippen molar-refractivity contribution in [3.05, 3.63) is 134 Å². The molecule has 0 unspecified atom stereocenters. The Morgan fingerprint density at radius 3 is 1.52 bits per heavy atom. The first-order valence-electron chi connectivity index (χ1n) is 14.8. The van der Waals surface area contributed by atoms with Gasteiger partial charge < -0.3 is 0 Å². The molecule has 0 N–H and O–H groups in total. The zero-order valence-corrected chi connectivity index (χ0v) is 23.5. The number of rotatable bonds is 2. The molecular weight excluding hydrogens is 536 g/mol. The van der Waals surface area contributed by atoms with Gasteiger partial charge >= 0.3 is 0 Å². The van der Waals surface area contributed by atoms with Crippen LogP contribution in [0.5, 0.6) is 0 Å². The maximum atomic E-state index is 5.22. The Balaban J connectivity index is 1.24. The molecule has 0 aliphatic heterocycles. The van der Waals surface area contributed by atoms with Gasteiger partial charge in [-0.05, 0) is 62.6 Å². The van der Waals surface area contributed by atoms with Crippen molar-refractivity contribution in [1.29, 1.82) is 0 Å². The van der Waals surface area contributed by atoms with Gasteiger partial charge in [-0.25, -0.2) is 9.97 Å². The number of aromatic nitrogens is 4. The van der Waals surface area contributed by atoms with Crippen LogP contribution in [0.1, 0.15) is 0 Å². The van der Waals surface area contributed by atoms with Gasteiger partial charge in [0.1, 0.15) is 0 Å². The maximum absolute atomic E-state index is 5.22. The van der Waals surface area contributed by atoms with Crippen molar-refractivity contribution in [2.24, 2.45) is 0 Å². The Morgan fingerprint density at radius 2 is 0.841 bits per heavy atom. The maximum Gasteiger partial charge on any atom is 0.0972 e. The third kappa shape index (κ3) is 3.28. The topological polar surface area (TPSA) is 51.6 Å². The summed E-state index contributed by atoms with van der Waals surface area (Å²) in [5.41, 5.74) is 7.86. The minimum Gasteiger partial charge on any atom is -0.254 e. The number of nitrogens with zero attached hydrogens (tertiary/aromatic N) is 4. The fourth-order valence-corrected chi connectivity index (χ4v) is 7.01. The van der Waals surface area contributed by atoms with Gasteiger partial charge in [-0.1, -0.05) is 91.0 Å². The SMILES string of the molecule is c1cnc2c(c1)ccc1ccc(-c3cc4ccc(-c5ccc6ccc7cccnc7c6n5)c5ccc6cccc3c6c45)nc12. The van der Waals surface area contributed by atoms with Crippen molar-refractivity contribution in [2.45, 2.75) is 0 Å². The predicted molar refractivity (Wildman–Crippen MR) is 182 cm³/mol. The lowest BCUT2D eigenvalue weighted by molar-refractivity contribution is 1.37. The molecule has 202 valence electrons. The summed E-state index contributed by atoms with van der Waals surface area (Å²) < 4.78 is 0. The molecule has 4 heteroatoms. The fourth-order valence-electron chi connectivity index (χ4n) is 7.01. The highest BCUT2D eigenvalue weighted by atomic mass is 14.8. The zero-order valence-electron chi connectivity index (χ0n) is 23.5. The van der Waals surface area contributed by atoms with Gasteiger partial charge in [-0.2, -0.15) is 0 Å². The first kappa shape index (κ1) is 23.6. The van der Waals surface area contributed by atoms with E-state index in [1.807, 2.05) is 24.5 Å². The molecule has 0 amide bonds. The first-order chi connectivity index (χ1) is 21.8. The third-order valence-electron chi connectivity index (χ3n) is 9.06. The molecule has 0 fully saturated rings. The van der Waals surface area contributed by atoms with Crippen molar-refractivity contribution in [3.63, 3.8) is 0 Å². The summed E-state index contributed by atoms with van der Waals surface area (Å²) in [5.74, 6) is 0. The van der Waals surface area contributed by atoms with Crippen molar-refractivity contribution in [3.8, 4) is 22.5 Å². The normalized spacial score (nSPS) is 12.1. The summed E-state index contributed by atoms with van der Waals surface area (Å²) >= 11 is 0. The van der Waals surface area contributed by atoms with Crippen LogP contribution in [0.3, 0.4) is 0 Å². The Hall–Kier alpha value is -6.00. The van der Waals surface area contributed by atoms with Gasteiger partial charge in [0.2, 0.25) is 0 Å². The molecule has 44 heavy (non-hydrogen) atoms. The molecule has 4 heterocycles. The van der Waals surface area contributed by atoms with Crippen LogP contribution in [0.2, 0.25) is 0 Å². The second-order valence-electron chi connectivity index (χ2n) is 11.5. The molecule has 10 rings (SSSR count). The van der Waals surface area contributed by atoms with E-state index in [1.54, 1.807) is 0 Å². The van der Waals surface area contributed by atoms with Gasteiger partial charge in [0.25, 0.3) is 0 Å². The molecule has 0 aliphatic carbocycles.